The molecule has 0 bridgehead atoms. The molecular weight excluding hydrogens is 318 g/mol. The summed E-state index contributed by atoms with van der Waals surface area (Å²) in [7, 11) is 0. The Bertz CT molecular complexity index is 961. The first-order valence-corrected chi connectivity index (χ1v) is 8.11. The van der Waals surface area contributed by atoms with Crippen molar-refractivity contribution >= 4 is 17.0 Å². The quantitative estimate of drug-likeness (QED) is 0.744. The number of nitrogens with one attached hydrogen (secondary N) is 1. The molecular formula is C19H19N3O3. The molecule has 0 fully saturated rings. The summed E-state index contributed by atoms with van der Waals surface area (Å²) in [4.78, 5) is 11.3. The smallest absolute Gasteiger partial charge is 0.405 e. The van der Waals surface area contributed by atoms with Crippen molar-refractivity contribution in [1.29, 1.82) is 0 Å². The molecule has 2 aromatic carbocycles. The largest absolute Gasteiger partial charge is 0.492 e. The number of primary amides is 1. The summed E-state index contributed by atoms with van der Waals surface area (Å²) in [6.07, 6.45) is 0.579. The fourth-order valence-corrected chi connectivity index (χ4v) is 3.35. The van der Waals surface area contributed by atoms with Gasteiger partial charge in [0.15, 0.2) is 0 Å². The van der Waals surface area contributed by atoms with Crippen LogP contribution in [0.2, 0.25) is 0 Å². The number of H-pyrrole nitrogens is 1. The molecule has 1 amide bonds. The van der Waals surface area contributed by atoms with Gasteiger partial charge in [-0.05, 0) is 11.6 Å². The third-order valence-corrected chi connectivity index (χ3v) is 4.63. The van der Waals surface area contributed by atoms with Crippen LogP contribution >= 0.6 is 0 Å². The number of benzene rings is 2. The number of hydrogen-bond acceptors (Lipinski definition) is 4. The number of carbonyl (C=O) groups excluding carboxylic acids is 1. The topological polar surface area (TPSA) is 90.2 Å². The van der Waals surface area contributed by atoms with Gasteiger partial charge >= 0.3 is 6.09 Å². The lowest BCUT2D eigenvalue weighted by Gasteiger charge is -2.38. The van der Waals surface area contributed by atoms with Crippen molar-refractivity contribution in [3.8, 4) is 16.9 Å². The molecule has 1 aliphatic heterocycles. The van der Waals surface area contributed by atoms with E-state index < -0.39 is 12.2 Å². The van der Waals surface area contributed by atoms with Crippen LogP contribution in [0.5, 0.6) is 5.75 Å². The van der Waals surface area contributed by atoms with Gasteiger partial charge in [0.1, 0.15) is 11.9 Å². The lowest BCUT2D eigenvalue weighted by molar-refractivity contribution is -0.0176. The molecule has 0 saturated heterocycles. The van der Waals surface area contributed by atoms with Crippen molar-refractivity contribution in [2.45, 2.75) is 20.0 Å². The molecule has 2 heterocycles. The van der Waals surface area contributed by atoms with Gasteiger partial charge < -0.3 is 15.2 Å². The molecule has 1 unspecified atom stereocenters. The number of nitrogens with two attached hydrogens (primary N) is 1. The van der Waals surface area contributed by atoms with Crippen molar-refractivity contribution in [3.63, 3.8) is 0 Å². The van der Waals surface area contributed by atoms with Crippen LogP contribution < -0.4 is 10.5 Å². The molecule has 6 nitrogen and oxygen atoms in total. The Balaban J connectivity index is 1.80. The molecule has 0 saturated carbocycles. The lowest BCUT2D eigenvalue weighted by atomic mass is 9.80. The monoisotopic (exact) mass is 337 g/mol. The van der Waals surface area contributed by atoms with Crippen molar-refractivity contribution in [2.24, 2.45) is 11.1 Å². The number of fused-ring (bicyclic) bond motifs is 2. The zero-order valence-electron chi connectivity index (χ0n) is 14.1. The van der Waals surface area contributed by atoms with E-state index in [0.29, 0.717) is 12.4 Å². The predicted octanol–water partition coefficient (Wildman–Crippen LogP) is 3.78. The summed E-state index contributed by atoms with van der Waals surface area (Å²) >= 11 is 0. The minimum absolute atomic E-state index is 0.354. The molecule has 0 aliphatic carbocycles. The predicted molar refractivity (Wildman–Crippen MR) is 94.2 cm³/mol. The van der Waals surface area contributed by atoms with E-state index in [4.69, 9.17) is 15.2 Å². The maximum Gasteiger partial charge on any atom is 0.405 e. The average molecular weight is 337 g/mol. The highest BCUT2D eigenvalue weighted by atomic mass is 16.6. The summed E-state index contributed by atoms with van der Waals surface area (Å²) in [5.41, 5.74) is 8.76. The standard InChI is InChI=1S/C19H19N3O3/c1-19(2)10-24-15-8-11(6-7-14(15)17(19)25-18(20)23)13-5-3-4-12-9-21-22-16(12)13/h3-9,17H,10H2,1-2H3,(H2,20,23)(H,21,22). The van der Waals surface area contributed by atoms with Crippen LogP contribution in [0.15, 0.2) is 42.6 Å². The highest BCUT2D eigenvalue weighted by molar-refractivity contribution is 5.93. The Labute approximate surface area is 144 Å². The Morgan fingerprint density at radius 3 is 3.00 bits per heavy atom. The third kappa shape index (κ3) is 2.59. The van der Waals surface area contributed by atoms with Crippen LogP contribution in [0.25, 0.3) is 22.0 Å². The lowest BCUT2D eigenvalue weighted by Crippen LogP contribution is -2.37. The summed E-state index contributed by atoms with van der Waals surface area (Å²) < 4.78 is 11.3. The number of nitrogens with zero attached hydrogens (tertiary/aromatic N) is 1. The zero-order valence-corrected chi connectivity index (χ0v) is 14.1. The van der Waals surface area contributed by atoms with Gasteiger partial charge in [-0.2, -0.15) is 5.10 Å². The SMILES string of the molecule is CC1(C)COc2cc(-c3cccc4cn[nH]c34)ccc2C1OC(N)=O. The van der Waals surface area contributed by atoms with E-state index >= 15 is 0 Å². The van der Waals surface area contributed by atoms with E-state index in [1.54, 1.807) is 6.20 Å². The number of carbonyl (C=O) groups is 1. The van der Waals surface area contributed by atoms with Crippen molar-refractivity contribution < 1.29 is 14.3 Å². The van der Waals surface area contributed by atoms with Gasteiger partial charge in [0.25, 0.3) is 0 Å². The van der Waals surface area contributed by atoms with Crippen molar-refractivity contribution in [2.75, 3.05) is 6.61 Å². The van der Waals surface area contributed by atoms with E-state index in [1.165, 1.54) is 0 Å². The van der Waals surface area contributed by atoms with Crippen LogP contribution in [-0.2, 0) is 4.74 Å². The number of aromatic nitrogens is 2. The van der Waals surface area contributed by atoms with E-state index in [0.717, 1.165) is 27.6 Å². The molecule has 1 aromatic heterocycles. The number of ether oxygens (including phenoxy) is 2. The Hall–Kier alpha value is -3.02. The van der Waals surface area contributed by atoms with Gasteiger partial charge in [-0.1, -0.05) is 44.2 Å². The number of amides is 1. The highest BCUT2D eigenvalue weighted by Gasteiger charge is 2.40. The maximum atomic E-state index is 11.3. The van der Waals surface area contributed by atoms with Crippen LogP contribution in [0, 0.1) is 5.41 Å². The number of aromatic amines is 1. The van der Waals surface area contributed by atoms with E-state index in [9.17, 15) is 4.79 Å². The van der Waals surface area contributed by atoms with E-state index in [-0.39, 0.29) is 5.41 Å². The molecule has 128 valence electrons. The van der Waals surface area contributed by atoms with Crippen molar-refractivity contribution in [3.05, 3.63) is 48.2 Å². The molecule has 25 heavy (non-hydrogen) atoms. The van der Waals surface area contributed by atoms with Crippen LogP contribution in [0.3, 0.4) is 0 Å². The highest BCUT2D eigenvalue weighted by Crippen LogP contribution is 2.46. The number of para-hydroxylation sites is 1. The molecule has 1 aliphatic rings. The molecule has 3 N–H and O–H groups in total. The van der Waals surface area contributed by atoms with Crippen LogP contribution in [0.4, 0.5) is 4.79 Å². The normalized spacial score (nSPS) is 18.4. The second-order valence-electron chi connectivity index (χ2n) is 6.99. The molecule has 1 atom stereocenters. The molecule has 4 rings (SSSR count). The van der Waals surface area contributed by atoms with Gasteiger partial charge in [-0.25, -0.2) is 4.79 Å². The summed E-state index contributed by atoms with van der Waals surface area (Å²) in [6.45, 7) is 4.42. The van der Waals surface area contributed by atoms with E-state index in [2.05, 4.69) is 10.2 Å². The average Bonchev–Trinajstić information content (AvgIpc) is 3.05. The molecule has 0 radical (unpaired) electrons. The molecule has 3 aromatic rings. The fourth-order valence-electron chi connectivity index (χ4n) is 3.35. The Morgan fingerprint density at radius 1 is 1.36 bits per heavy atom. The second kappa shape index (κ2) is 5.51. The zero-order chi connectivity index (χ0) is 17.6. The Morgan fingerprint density at radius 2 is 2.20 bits per heavy atom. The third-order valence-electron chi connectivity index (χ3n) is 4.63. The van der Waals surface area contributed by atoms with Gasteiger partial charge in [0, 0.05) is 21.9 Å². The van der Waals surface area contributed by atoms with Gasteiger partial charge in [-0.15, -0.1) is 0 Å². The van der Waals surface area contributed by atoms with Crippen molar-refractivity contribution in [1.82, 2.24) is 10.2 Å². The van der Waals surface area contributed by atoms with Gasteiger partial charge in [-0.3, -0.25) is 5.10 Å². The number of hydrogen-bond donors (Lipinski definition) is 2. The fraction of sp³-hybridized carbons (Fsp3) is 0.263. The first kappa shape index (κ1) is 15.5. The minimum Gasteiger partial charge on any atom is -0.492 e. The van der Waals surface area contributed by atoms with Crippen LogP contribution in [-0.4, -0.2) is 22.9 Å². The Kier molecular flexibility index (Phi) is 3.42. The first-order chi connectivity index (χ1) is 12.0. The van der Waals surface area contributed by atoms with E-state index in [1.807, 2.05) is 50.2 Å². The summed E-state index contributed by atoms with van der Waals surface area (Å²) in [5, 5.41) is 8.20. The molecule has 0 spiro atoms. The van der Waals surface area contributed by atoms with Crippen LogP contribution in [0.1, 0.15) is 25.5 Å². The first-order valence-electron chi connectivity index (χ1n) is 8.11. The number of rotatable bonds is 2. The maximum absolute atomic E-state index is 11.3. The second-order valence-corrected chi connectivity index (χ2v) is 6.99. The van der Waals surface area contributed by atoms with Gasteiger partial charge in [0.05, 0.1) is 18.3 Å². The van der Waals surface area contributed by atoms with Gasteiger partial charge in [0.2, 0.25) is 0 Å². The molecule has 6 heteroatoms. The minimum atomic E-state index is -0.780. The summed E-state index contributed by atoms with van der Waals surface area (Å²) in [5.74, 6) is 0.708. The summed E-state index contributed by atoms with van der Waals surface area (Å²) in [6, 6.07) is 11.9.